The summed E-state index contributed by atoms with van der Waals surface area (Å²) in [6, 6.07) is 1.49. The van der Waals surface area contributed by atoms with Crippen molar-refractivity contribution in [1.82, 2.24) is 4.98 Å². The van der Waals surface area contributed by atoms with E-state index in [1.54, 1.807) is 0 Å². The molecule has 4 heteroatoms. The van der Waals surface area contributed by atoms with Gasteiger partial charge in [-0.3, -0.25) is 4.98 Å². The van der Waals surface area contributed by atoms with E-state index in [-0.39, 0.29) is 11.7 Å². The van der Waals surface area contributed by atoms with Crippen LogP contribution < -0.4 is 0 Å². The Hall–Kier alpha value is -1.00. The highest BCUT2D eigenvalue weighted by Gasteiger charge is 2.23. The number of ether oxygens (including phenoxy) is 1. The zero-order chi connectivity index (χ0) is 12.0. The van der Waals surface area contributed by atoms with E-state index in [0.717, 1.165) is 12.6 Å². The summed E-state index contributed by atoms with van der Waals surface area (Å²) < 4.78 is 18.8. The molecule has 2 atom stereocenters. The summed E-state index contributed by atoms with van der Waals surface area (Å²) in [6.45, 7) is 4.37. The number of nitrogens with zero attached hydrogens (tertiary/aromatic N) is 1. The van der Waals surface area contributed by atoms with Crippen LogP contribution in [-0.4, -0.2) is 22.8 Å². The van der Waals surface area contributed by atoms with Gasteiger partial charge in [0.1, 0.15) is 11.9 Å². The van der Waals surface area contributed by atoms with Crippen LogP contribution in [0.25, 0.3) is 0 Å². The average molecular weight is 227 g/mol. The smallest absolute Gasteiger partial charge is 0.147 e. The molecule has 1 heterocycles. The van der Waals surface area contributed by atoms with E-state index in [1.807, 2.05) is 13.8 Å². The number of halogens is 1. The molecular weight excluding hydrogens is 209 g/mol. The highest BCUT2D eigenvalue weighted by Crippen LogP contribution is 2.24. The second-order valence-corrected chi connectivity index (χ2v) is 3.62. The maximum absolute atomic E-state index is 13.4. The van der Waals surface area contributed by atoms with E-state index in [2.05, 4.69) is 4.98 Å². The molecule has 0 saturated heterocycles. The molecule has 2 unspecified atom stereocenters. The van der Waals surface area contributed by atoms with E-state index in [4.69, 9.17) is 4.74 Å². The highest BCUT2D eigenvalue weighted by molar-refractivity contribution is 5.16. The highest BCUT2D eigenvalue weighted by atomic mass is 19.1. The summed E-state index contributed by atoms with van der Waals surface area (Å²) in [4.78, 5) is 3.65. The predicted molar refractivity (Wildman–Crippen MR) is 59.5 cm³/mol. The monoisotopic (exact) mass is 227 g/mol. The third kappa shape index (κ3) is 3.25. The molecule has 0 saturated carbocycles. The molecule has 0 spiro atoms. The molecule has 0 radical (unpaired) electrons. The fourth-order valence-corrected chi connectivity index (χ4v) is 1.66. The quantitative estimate of drug-likeness (QED) is 0.811. The van der Waals surface area contributed by atoms with E-state index < -0.39 is 11.9 Å². The van der Waals surface area contributed by atoms with Crippen molar-refractivity contribution in [1.29, 1.82) is 0 Å². The summed E-state index contributed by atoms with van der Waals surface area (Å²) in [5, 5.41) is 10.0. The Morgan fingerprint density at radius 2 is 2.25 bits per heavy atom. The lowest BCUT2D eigenvalue weighted by Crippen LogP contribution is -2.23. The van der Waals surface area contributed by atoms with Crippen molar-refractivity contribution in [3.05, 3.63) is 29.8 Å². The van der Waals surface area contributed by atoms with Gasteiger partial charge in [0.15, 0.2) is 0 Å². The van der Waals surface area contributed by atoms with Crippen LogP contribution in [0.15, 0.2) is 18.5 Å². The molecule has 0 aliphatic heterocycles. The normalized spacial score (nSPS) is 14.8. The molecule has 0 fully saturated rings. The number of aliphatic hydroxyl groups excluding tert-OH is 1. The van der Waals surface area contributed by atoms with Crippen molar-refractivity contribution in [2.75, 3.05) is 6.61 Å². The zero-order valence-corrected chi connectivity index (χ0v) is 9.69. The number of hydrogen-bond donors (Lipinski definition) is 1. The van der Waals surface area contributed by atoms with Crippen molar-refractivity contribution < 1.29 is 14.2 Å². The van der Waals surface area contributed by atoms with Gasteiger partial charge in [-0.15, -0.1) is 0 Å². The Bertz CT molecular complexity index is 314. The average Bonchev–Trinajstić information content (AvgIpc) is 2.28. The summed E-state index contributed by atoms with van der Waals surface area (Å²) in [6.07, 6.45) is 2.88. The maximum atomic E-state index is 13.4. The molecule has 0 aromatic carbocycles. The summed E-state index contributed by atoms with van der Waals surface area (Å²) >= 11 is 0. The van der Waals surface area contributed by atoms with Crippen LogP contribution in [0, 0.1) is 5.82 Å². The van der Waals surface area contributed by atoms with Gasteiger partial charge in [-0.1, -0.05) is 13.3 Å². The minimum Gasteiger partial charge on any atom is -0.386 e. The molecule has 1 aromatic heterocycles. The van der Waals surface area contributed by atoms with Crippen molar-refractivity contribution in [2.45, 2.75) is 38.9 Å². The largest absolute Gasteiger partial charge is 0.386 e. The van der Waals surface area contributed by atoms with Gasteiger partial charge in [-0.25, -0.2) is 4.39 Å². The first-order valence-electron chi connectivity index (χ1n) is 5.59. The third-order valence-electron chi connectivity index (χ3n) is 2.43. The van der Waals surface area contributed by atoms with Crippen LogP contribution in [-0.2, 0) is 4.74 Å². The van der Waals surface area contributed by atoms with Gasteiger partial charge in [-0.05, 0) is 19.4 Å². The number of hydrogen-bond acceptors (Lipinski definition) is 3. The summed E-state index contributed by atoms with van der Waals surface area (Å²) in [5.41, 5.74) is 0.252. The van der Waals surface area contributed by atoms with Crippen molar-refractivity contribution in [3.63, 3.8) is 0 Å². The fourth-order valence-electron chi connectivity index (χ4n) is 1.66. The Morgan fingerprint density at radius 1 is 1.50 bits per heavy atom. The van der Waals surface area contributed by atoms with Crippen molar-refractivity contribution in [2.24, 2.45) is 0 Å². The van der Waals surface area contributed by atoms with Gasteiger partial charge >= 0.3 is 0 Å². The second-order valence-electron chi connectivity index (χ2n) is 3.62. The van der Waals surface area contributed by atoms with Crippen LogP contribution in [0.4, 0.5) is 4.39 Å². The molecule has 1 aromatic rings. The van der Waals surface area contributed by atoms with Crippen LogP contribution in [0.2, 0.25) is 0 Å². The number of aromatic nitrogens is 1. The molecule has 0 aliphatic rings. The molecule has 3 nitrogen and oxygen atoms in total. The Balaban J connectivity index is 2.81. The van der Waals surface area contributed by atoms with E-state index in [1.165, 1.54) is 12.3 Å². The van der Waals surface area contributed by atoms with Gasteiger partial charge in [0.05, 0.1) is 12.3 Å². The third-order valence-corrected chi connectivity index (χ3v) is 2.43. The van der Waals surface area contributed by atoms with Gasteiger partial charge in [-0.2, -0.15) is 0 Å². The van der Waals surface area contributed by atoms with Gasteiger partial charge in [0, 0.05) is 18.4 Å². The predicted octanol–water partition coefficient (Wildman–Crippen LogP) is 2.46. The lowest BCUT2D eigenvalue weighted by molar-refractivity contribution is -0.0398. The van der Waals surface area contributed by atoms with Crippen LogP contribution >= 0.6 is 0 Å². The number of rotatable bonds is 6. The lowest BCUT2D eigenvalue weighted by atomic mass is 10.0. The zero-order valence-electron chi connectivity index (χ0n) is 9.69. The standard InChI is InChI=1S/C12H18FNO2/c1-3-5-11(16-4-2)12(15)9-6-7-14-8-10(9)13/h6-8,11-12,15H,3-5H2,1-2H3. The minimum atomic E-state index is -0.928. The minimum absolute atomic E-state index is 0.252. The lowest BCUT2D eigenvalue weighted by Gasteiger charge is -2.22. The molecule has 0 amide bonds. The van der Waals surface area contributed by atoms with Crippen LogP contribution in [0.5, 0.6) is 0 Å². The molecule has 0 bridgehead atoms. The first kappa shape index (κ1) is 13.1. The SMILES string of the molecule is CCCC(OCC)C(O)c1ccncc1F. The van der Waals surface area contributed by atoms with Gasteiger partial charge in [0.25, 0.3) is 0 Å². The maximum Gasteiger partial charge on any atom is 0.147 e. The number of aliphatic hydroxyl groups is 1. The molecule has 1 rings (SSSR count). The van der Waals surface area contributed by atoms with Crippen LogP contribution in [0.3, 0.4) is 0 Å². The van der Waals surface area contributed by atoms with Gasteiger partial charge in [0.2, 0.25) is 0 Å². The second kappa shape index (κ2) is 6.55. The van der Waals surface area contributed by atoms with Crippen molar-refractivity contribution in [3.8, 4) is 0 Å². The molecular formula is C12H18FNO2. The van der Waals surface area contributed by atoms with Gasteiger partial charge < -0.3 is 9.84 Å². The molecule has 90 valence electrons. The first-order chi connectivity index (χ1) is 7.70. The van der Waals surface area contributed by atoms with E-state index >= 15 is 0 Å². The Morgan fingerprint density at radius 3 is 2.81 bits per heavy atom. The molecule has 16 heavy (non-hydrogen) atoms. The number of pyridine rings is 1. The van der Waals surface area contributed by atoms with Crippen LogP contribution in [0.1, 0.15) is 38.4 Å². The van der Waals surface area contributed by atoms with E-state index in [0.29, 0.717) is 13.0 Å². The molecule has 1 N–H and O–H groups in total. The molecule has 0 aliphatic carbocycles. The first-order valence-corrected chi connectivity index (χ1v) is 5.59. The topological polar surface area (TPSA) is 42.4 Å². The van der Waals surface area contributed by atoms with Crippen molar-refractivity contribution >= 4 is 0 Å². The Labute approximate surface area is 95.3 Å². The Kier molecular flexibility index (Phi) is 5.35. The van der Waals surface area contributed by atoms with E-state index in [9.17, 15) is 9.50 Å². The summed E-state index contributed by atoms with van der Waals surface area (Å²) in [5.74, 6) is -0.490. The fraction of sp³-hybridized carbons (Fsp3) is 0.583. The summed E-state index contributed by atoms with van der Waals surface area (Å²) in [7, 11) is 0.